The molecule has 4 rings (SSSR count). The highest BCUT2D eigenvalue weighted by atomic mass is 16.3. The topological polar surface area (TPSA) is 61.1 Å². The largest absolute Gasteiger partial charge is 0.377 e. The Bertz CT molecular complexity index is 898. The van der Waals surface area contributed by atoms with E-state index in [1.165, 1.54) is 11.1 Å². The average molecular weight is 345 g/mol. The highest BCUT2D eigenvalue weighted by Gasteiger charge is 2.55. The van der Waals surface area contributed by atoms with Crippen LogP contribution in [0.4, 0.5) is 0 Å². The van der Waals surface area contributed by atoms with Crippen molar-refractivity contribution in [3.63, 3.8) is 0 Å². The molecule has 3 heteroatoms. The summed E-state index contributed by atoms with van der Waals surface area (Å²) >= 11 is 0. The third kappa shape index (κ3) is 2.33. The van der Waals surface area contributed by atoms with Gasteiger partial charge in [0.25, 0.3) is 0 Å². The smallest absolute Gasteiger partial charge is 0.169 e. The Hall–Kier alpha value is -2.44. The summed E-state index contributed by atoms with van der Waals surface area (Å²) in [7, 11) is 0. The Labute approximate surface area is 154 Å². The van der Waals surface area contributed by atoms with E-state index in [1.54, 1.807) is 0 Å². The van der Waals surface area contributed by atoms with Gasteiger partial charge in [0.1, 0.15) is 5.60 Å². The van der Waals surface area contributed by atoms with Gasteiger partial charge in [-0.25, -0.2) is 0 Å². The molecule has 0 aromatic heterocycles. The fourth-order valence-electron chi connectivity index (χ4n) is 5.22. The molecule has 0 heterocycles. The second kappa shape index (κ2) is 6.07. The minimum atomic E-state index is -1.38. The van der Waals surface area contributed by atoms with E-state index in [0.717, 1.165) is 19.3 Å². The summed E-state index contributed by atoms with van der Waals surface area (Å²) in [6, 6.07) is 17.5. The monoisotopic (exact) mass is 345 g/mol. The zero-order chi connectivity index (χ0) is 18.4. The van der Waals surface area contributed by atoms with E-state index in [9.17, 15) is 15.2 Å². The fraction of sp³-hybridized carbons (Fsp3) is 0.391. The van der Waals surface area contributed by atoms with Gasteiger partial charge < -0.3 is 5.11 Å². The highest BCUT2D eigenvalue weighted by molar-refractivity contribution is 5.90. The van der Waals surface area contributed by atoms with Gasteiger partial charge in [0.2, 0.25) is 0 Å². The Morgan fingerprint density at radius 2 is 2.00 bits per heavy atom. The van der Waals surface area contributed by atoms with E-state index in [-0.39, 0.29) is 17.1 Å². The normalized spacial score (nSPS) is 30.2. The van der Waals surface area contributed by atoms with Gasteiger partial charge in [-0.3, -0.25) is 4.79 Å². The second-order valence-electron chi connectivity index (χ2n) is 7.76. The molecule has 26 heavy (non-hydrogen) atoms. The number of aliphatic hydroxyl groups is 1. The molecule has 2 aromatic rings. The van der Waals surface area contributed by atoms with Crippen LogP contribution in [0, 0.1) is 17.2 Å². The molecule has 0 amide bonds. The lowest BCUT2D eigenvalue weighted by Crippen LogP contribution is -2.54. The van der Waals surface area contributed by atoms with Gasteiger partial charge in [0, 0.05) is 11.8 Å². The van der Waals surface area contributed by atoms with Crippen LogP contribution in [0.3, 0.4) is 0 Å². The standard InChI is InChI=1S/C23H23NO2/c1-2-22-14-21(25)23(26,18-6-4-3-5-7-18)13-19(22)10-9-17-12-16(15-24)8-11-20(17)22/h3-8,11-12,19,26H,2,9-10,13-14H2,1H3. The van der Waals surface area contributed by atoms with E-state index in [1.807, 2.05) is 48.5 Å². The quantitative estimate of drug-likeness (QED) is 0.894. The molecule has 2 aromatic carbocycles. The maximum absolute atomic E-state index is 13.2. The molecule has 0 radical (unpaired) electrons. The Kier molecular flexibility index (Phi) is 3.97. The van der Waals surface area contributed by atoms with Gasteiger partial charge in [-0.05, 0) is 60.4 Å². The van der Waals surface area contributed by atoms with Crippen LogP contribution >= 0.6 is 0 Å². The molecule has 1 N–H and O–H groups in total. The van der Waals surface area contributed by atoms with Crippen LogP contribution in [0.15, 0.2) is 48.5 Å². The third-order valence-corrected chi connectivity index (χ3v) is 6.68. The molecule has 132 valence electrons. The van der Waals surface area contributed by atoms with Crippen LogP contribution in [0.1, 0.15) is 54.9 Å². The van der Waals surface area contributed by atoms with Crippen LogP contribution < -0.4 is 0 Å². The first-order valence-electron chi connectivity index (χ1n) is 9.38. The summed E-state index contributed by atoms with van der Waals surface area (Å²) in [6.45, 7) is 2.14. The summed E-state index contributed by atoms with van der Waals surface area (Å²) in [4.78, 5) is 13.2. The number of aryl methyl sites for hydroxylation is 1. The molecule has 3 nitrogen and oxygen atoms in total. The van der Waals surface area contributed by atoms with Gasteiger partial charge in [-0.15, -0.1) is 0 Å². The first-order valence-corrected chi connectivity index (χ1v) is 9.38. The van der Waals surface area contributed by atoms with Crippen LogP contribution in [0.5, 0.6) is 0 Å². The van der Waals surface area contributed by atoms with Crippen molar-refractivity contribution in [1.29, 1.82) is 5.26 Å². The Morgan fingerprint density at radius 3 is 2.69 bits per heavy atom. The molecule has 0 saturated heterocycles. The number of carbonyl (C=O) groups excluding carboxylic acids is 1. The number of hydrogen-bond donors (Lipinski definition) is 1. The molecular weight excluding hydrogens is 322 g/mol. The molecule has 0 aliphatic heterocycles. The zero-order valence-electron chi connectivity index (χ0n) is 15.0. The van der Waals surface area contributed by atoms with Crippen molar-refractivity contribution in [3.05, 3.63) is 70.8 Å². The lowest BCUT2D eigenvalue weighted by atomic mass is 9.52. The molecule has 3 atom stereocenters. The fourth-order valence-corrected chi connectivity index (χ4v) is 5.22. The number of nitrogens with zero attached hydrogens (tertiary/aromatic N) is 1. The number of ketones is 1. The number of benzene rings is 2. The minimum Gasteiger partial charge on any atom is -0.377 e. The zero-order valence-corrected chi connectivity index (χ0v) is 15.0. The second-order valence-corrected chi connectivity index (χ2v) is 7.76. The molecule has 1 saturated carbocycles. The summed E-state index contributed by atoms with van der Waals surface area (Å²) in [6.07, 6.45) is 3.54. The number of hydrogen-bond acceptors (Lipinski definition) is 3. The van der Waals surface area contributed by atoms with Gasteiger partial charge in [0.15, 0.2) is 5.78 Å². The third-order valence-electron chi connectivity index (χ3n) is 6.68. The lowest BCUT2D eigenvalue weighted by Gasteiger charge is -2.52. The number of fused-ring (bicyclic) bond motifs is 3. The van der Waals surface area contributed by atoms with Crippen molar-refractivity contribution in [2.24, 2.45) is 5.92 Å². The SMILES string of the molecule is CCC12CC(=O)C(O)(c3ccccc3)CC1CCc1cc(C#N)ccc12. The average Bonchev–Trinajstić information content (AvgIpc) is 2.69. The number of rotatable bonds is 2. The number of nitriles is 1. The first kappa shape index (κ1) is 17.0. The maximum Gasteiger partial charge on any atom is 0.169 e. The number of Topliss-reactive ketones (excluding diaryl/α,β-unsaturated/α-hetero) is 1. The summed E-state index contributed by atoms with van der Waals surface area (Å²) < 4.78 is 0. The Morgan fingerprint density at radius 1 is 1.23 bits per heavy atom. The van der Waals surface area contributed by atoms with Gasteiger partial charge >= 0.3 is 0 Å². The molecule has 2 aliphatic rings. The van der Waals surface area contributed by atoms with Crippen LogP contribution in [0.2, 0.25) is 0 Å². The van der Waals surface area contributed by atoms with Crippen LogP contribution in [-0.2, 0) is 22.2 Å². The van der Waals surface area contributed by atoms with Crippen LogP contribution in [-0.4, -0.2) is 10.9 Å². The minimum absolute atomic E-state index is 0.0843. The molecular formula is C23H23NO2. The predicted molar refractivity (Wildman–Crippen MR) is 99.5 cm³/mol. The van der Waals surface area contributed by atoms with E-state index in [2.05, 4.69) is 13.0 Å². The lowest BCUT2D eigenvalue weighted by molar-refractivity contribution is -0.150. The van der Waals surface area contributed by atoms with Crippen molar-refractivity contribution in [2.45, 2.75) is 50.0 Å². The van der Waals surface area contributed by atoms with Crippen molar-refractivity contribution >= 4 is 5.78 Å². The van der Waals surface area contributed by atoms with Gasteiger partial charge in [-0.1, -0.05) is 43.3 Å². The Balaban J connectivity index is 1.79. The van der Waals surface area contributed by atoms with Crippen LogP contribution in [0.25, 0.3) is 0 Å². The molecule has 3 unspecified atom stereocenters. The van der Waals surface area contributed by atoms with Crippen molar-refractivity contribution in [3.8, 4) is 6.07 Å². The maximum atomic E-state index is 13.2. The van der Waals surface area contributed by atoms with Crippen molar-refractivity contribution in [2.75, 3.05) is 0 Å². The summed E-state index contributed by atoms with van der Waals surface area (Å²) in [5, 5.41) is 20.5. The first-order chi connectivity index (χ1) is 12.5. The molecule has 2 aliphatic carbocycles. The van der Waals surface area contributed by atoms with E-state index >= 15 is 0 Å². The molecule has 1 fully saturated rings. The van der Waals surface area contributed by atoms with Crippen molar-refractivity contribution in [1.82, 2.24) is 0 Å². The van der Waals surface area contributed by atoms with E-state index in [0.29, 0.717) is 24.0 Å². The summed E-state index contributed by atoms with van der Waals surface area (Å²) in [5.74, 6) is 0.176. The number of carbonyl (C=O) groups is 1. The van der Waals surface area contributed by atoms with Crippen molar-refractivity contribution < 1.29 is 9.90 Å². The predicted octanol–water partition coefficient (Wildman–Crippen LogP) is 4.02. The van der Waals surface area contributed by atoms with E-state index < -0.39 is 5.60 Å². The van der Waals surface area contributed by atoms with E-state index in [4.69, 9.17) is 0 Å². The van der Waals surface area contributed by atoms with Gasteiger partial charge in [0.05, 0.1) is 11.6 Å². The highest BCUT2D eigenvalue weighted by Crippen LogP contribution is 2.55. The van der Waals surface area contributed by atoms with Gasteiger partial charge in [-0.2, -0.15) is 5.26 Å². The molecule has 0 spiro atoms. The summed E-state index contributed by atoms with van der Waals surface area (Å²) in [5.41, 5.74) is 2.18. The molecule has 0 bridgehead atoms.